The maximum absolute atomic E-state index is 11.9. The summed E-state index contributed by atoms with van der Waals surface area (Å²) in [6.07, 6.45) is 1.54. The first kappa shape index (κ1) is 13.4. The summed E-state index contributed by atoms with van der Waals surface area (Å²) in [6.45, 7) is 1.90. The number of Topliss-reactive ketones (excluding diaryl/α,β-unsaturated/α-hetero) is 1. The molecule has 0 saturated heterocycles. The quantitative estimate of drug-likeness (QED) is 0.378. The van der Waals surface area contributed by atoms with Gasteiger partial charge in [0.25, 0.3) is 5.78 Å². The molecule has 1 heterocycles. The first-order valence-corrected chi connectivity index (χ1v) is 6.31. The number of carbonyl (C=O) groups excluding carboxylic acids is 2. The highest BCUT2D eigenvalue weighted by Crippen LogP contribution is 2.21. The van der Waals surface area contributed by atoms with Crippen LogP contribution in [-0.2, 0) is 4.79 Å². The fourth-order valence-corrected chi connectivity index (χ4v) is 1.75. The van der Waals surface area contributed by atoms with Gasteiger partial charge in [-0.3, -0.25) is 4.79 Å². The minimum Gasteiger partial charge on any atom is -0.418 e. The molecular weight excluding hydrogens is 310 g/mol. The maximum Gasteiger partial charge on any atom is 0.385 e. The van der Waals surface area contributed by atoms with Crippen LogP contribution in [-0.4, -0.2) is 16.7 Å². The Morgan fingerprint density at radius 2 is 1.84 bits per heavy atom. The van der Waals surface area contributed by atoms with E-state index in [1.807, 2.05) is 6.92 Å². The van der Waals surface area contributed by atoms with E-state index in [9.17, 15) is 9.59 Å². The molecule has 2 aromatic rings. The maximum atomic E-state index is 11.9. The topological polar surface area (TPSA) is 56.3 Å². The SMILES string of the molecule is Cc1ccc(C(=O)C(=O)Oc2cccnc2Br)cc1. The summed E-state index contributed by atoms with van der Waals surface area (Å²) < 4.78 is 5.37. The van der Waals surface area contributed by atoms with Gasteiger partial charge in [0.2, 0.25) is 0 Å². The molecule has 0 unspecified atom stereocenters. The Bertz CT molecular complexity index is 623. The molecule has 1 aromatic carbocycles. The molecule has 5 heteroatoms. The number of hydrogen-bond acceptors (Lipinski definition) is 4. The molecule has 0 aliphatic rings. The Kier molecular flexibility index (Phi) is 4.06. The van der Waals surface area contributed by atoms with Gasteiger partial charge in [0.05, 0.1) is 0 Å². The van der Waals surface area contributed by atoms with E-state index in [0.29, 0.717) is 10.2 Å². The van der Waals surface area contributed by atoms with Crippen molar-refractivity contribution >= 4 is 27.7 Å². The smallest absolute Gasteiger partial charge is 0.385 e. The number of esters is 1. The summed E-state index contributed by atoms with van der Waals surface area (Å²) in [7, 11) is 0. The Morgan fingerprint density at radius 3 is 2.47 bits per heavy atom. The Hall–Kier alpha value is -2.01. The molecule has 0 aliphatic heterocycles. The van der Waals surface area contributed by atoms with E-state index in [0.717, 1.165) is 5.56 Å². The van der Waals surface area contributed by atoms with Crippen LogP contribution in [0.1, 0.15) is 15.9 Å². The third kappa shape index (κ3) is 3.26. The van der Waals surface area contributed by atoms with Crippen LogP contribution in [0.2, 0.25) is 0 Å². The van der Waals surface area contributed by atoms with Crippen molar-refractivity contribution in [3.8, 4) is 5.75 Å². The molecule has 2 rings (SSSR count). The molecule has 4 nitrogen and oxygen atoms in total. The van der Waals surface area contributed by atoms with Gasteiger partial charge in [-0.25, -0.2) is 9.78 Å². The van der Waals surface area contributed by atoms with E-state index in [4.69, 9.17) is 4.74 Å². The zero-order chi connectivity index (χ0) is 13.8. The number of aryl methyl sites for hydroxylation is 1. The number of pyridine rings is 1. The fraction of sp³-hybridized carbons (Fsp3) is 0.0714. The predicted molar refractivity (Wildman–Crippen MR) is 73.1 cm³/mol. The highest BCUT2D eigenvalue weighted by atomic mass is 79.9. The van der Waals surface area contributed by atoms with Crippen LogP contribution in [0, 0.1) is 6.92 Å². The predicted octanol–water partition coefficient (Wildman–Crippen LogP) is 2.94. The van der Waals surface area contributed by atoms with E-state index in [-0.39, 0.29) is 5.75 Å². The molecule has 0 aliphatic carbocycles. The summed E-state index contributed by atoms with van der Waals surface area (Å²) in [5.74, 6) is -1.40. The Balaban J connectivity index is 2.14. The molecule has 0 fully saturated rings. The van der Waals surface area contributed by atoms with Crippen LogP contribution in [0.25, 0.3) is 0 Å². The highest BCUT2D eigenvalue weighted by molar-refractivity contribution is 9.10. The van der Waals surface area contributed by atoms with Gasteiger partial charge in [-0.2, -0.15) is 0 Å². The van der Waals surface area contributed by atoms with Crippen molar-refractivity contribution in [2.45, 2.75) is 6.92 Å². The molecule has 96 valence electrons. The molecular formula is C14H10BrNO3. The number of halogens is 1. The molecule has 0 saturated carbocycles. The van der Waals surface area contributed by atoms with Crippen LogP contribution >= 0.6 is 15.9 Å². The molecule has 0 N–H and O–H groups in total. The Morgan fingerprint density at radius 1 is 1.16 bits per heavy atom. The zero-order valence-corrected chi connectivity index (χ0v) is 11.7. The minimum absolute atomic E-state index is 0.216. The van der Waals surface area contributed by atoms with Crippen LogP contribution in [0.15, 0.2) is 47.2 Å². The lowest BCUT2D eigenvalue weighted by atomic mass is 10.1. The first-order valence-electron chi connectivity index (χ1n) is 5.51. The standard InChI is InChI=1S/C14H10BrNO3/c1-9-4-6-10(7-5-9)12(17)14(18)19-11-3-2-8-16-13(11)15/h2-8H,1H3. The van der Waals surface area contributed by atoms with Crippen molar-refractivity contribution in [1.29, 1.82) is 0 Å². The third-order valence-electron chi connectivity index (χ3n) is 2.43. The van der Waals surface area contributed by atoms with Crippen molar-refractivity contribution in [1.82, 2.24) is 4.98 Å². The van der Waals surface area contributed by atoms with E-state index in [1.165, 1.54) is 0 Å². The van der Waals surface area contributed by atoms with Gasteiger partial charge < -0.3 is 4.74 Å². The van der Waals surface area contributed by atoms with Gasteiger partial charge >= 0.3 is 5.97 Å². The Labute approximate surface area is 118 Å². The lowest BCUT2D eigenvalue weighted by Gasteiger charge is -2.04. The molecule has 0 amide bonds. The van der Waals surface area contributed by atoms with Crippen LogP contribution in [0.5, 0.6) is 5.75 Å². The van der Waals surface area contributed by atoms with Crippen molar-refractivity contribution < 1.29 is 14.3 Å². The molecule has 19 heavy (non-hydrogen) atoms. The summed E-state index contributed by atoms with van der Waals surface area (Å²) >= 11 is 3.14. The second kappa shape index (κ2) is 5.75. The second-order valence-corrected chi connectivity index (χ2v) is 4.63. The van der Waals surface area contributed by atoms with Crippen molar-refractivity contribution in [2.24, 2.45) is 0 Å². The largest absolute Gasteiger partial charge is 0.418 e. The number of ketones is 1. The lowest BCUT2D eigenvalue weighted by molar-refractivity contribution is -0.129. The van der Waals surface area contributed by atoms with E-state index >= 15 is 0 Å². The molecule has 0 atom stereocenters. The first-order chi connectivity index (χ1) is 9.08. The normalized spacial score (nSPS) is 10.0. The number of benzene rings is 1. The number of nitrogens with zero attached hydrogens (tertiary/aromatic N) is 1. The average molecular weight is 320 g/mol. The second-order valence-electron chi connectivity index (χ2n) is 3.88. The summed E-state index contributed by atoms with van der Waals surface area (Å²) in [5.41, 5.74) is 1.32. The van der Waals surface area contributed by atoms with Gasteiger partial charge in [0.1, 0.15) is 4.60 Å². The fourth-order valence-electron chi connectivity index (χ4n) is 1.42. The molecule has 1 aromatic heterocycles. The van der Waals surface area contributed by atoms with Crippen molar-refractivity contribution in [3.63, 3.8) is 0 Å². The van der Waals surface area contributed by atoms with Gasteiger partial charge in [-0.15, -0.1) is 0 Å². The van der Waals surface area contributed by atoms with Gasteiger partial charge in [-0.05, 0) is 35.0 Å². The van der Waals surface area contributed by atoms with Crippen molar-refractivity contribution in [2.75, 3.05) is 0 Å². The number of carbonyl (C=O) groups is 2. The molecule has 0 spiro atoms. The molecule has 0 radical (unpaired) electrons. The monoisotopic (exact) mass is 319 g/mol. The number of rotatable bonds is 3. The number of aromatic nitrogens is 1. The van der Waals surface area contributed by atoms with E-state index in [2.05, 4.69) is 20.9 Å². The lowest BCUT2D eigenvalue weighted by Crippen LogP contribution is -2.20. The van der Waals surface area contributed by atoms with Crippen molar-refractivity contribution in [3.05, 3.63) is 58.3 Å². The third-order valence-corrected chi connectivity index (χ3v) is 3.02. The summed E-state index contributed by atoms with van der Waals surface area (Å²) in [6, 6.07) is 9.89. The highest BCUT2D eigenvalue weighted by Gasteiger charge is 2.19. The minimum atomic E-state index is -0.933. The van der Waals surface area contributed by atoms with E-state index in [1.54, 1.807) is 42.6 Å². The van der Waals surface area contributed by atoms with E-state index < -0.39 is 11.8 Å². The van der Waals surface area contributed by atoms with Gasteiger partial charge in [0, 0.05) is 11.8 Å². The molecule has 0 bridgehead atoms. The van der Waals surface area contributed by atoms with Crippen LogP contribution in [0.4, 0.5) is 0 Å². The van der Waals surface area contributed by atoms with Crippen LogP contribution < -0.4 is 4.74 Å². The van der Waals surface area contributed by atoms with Gasteiger partial charge in [-0.1, -0.05) is 29.8 Å². The van der Waals surface area contributed by atoms with Gasteiger partial charge in [0.15, 0.2) is 5.75 Å². The zero-order valence-electron chi connectivity index (χ0n) is 10.1. The summed E-state index contributed by atoms with van der Waals surface area (Å²) in [4.78, 5) is 27.5. The van der Waals surface area contributed by atoms with Crippen LogP contribution in [0.3, 0.4) is 0 Å². The summed E-state index contributed by atoms with van der Waals surface area (Å²) in [5, 5.41) is 0. The number of ether oxygens (including phenoxy) is 1. The number of hydrogen-bond donors (Lipinski definition) is 0. The average Bonchev–Trinajstić information content (AvgIpc) is 2.41.